The summed E-state index contributed by atoms with van der Waals surface area (Å²) in [6, 6.07) is 8.33. The normalized spacial score (nSPS) is 19.8. The SMILES string of the molecule is Cc1ccc(CCN2C[C@@H](C(=O)NCCCN3CCCC3=O)CC2=O)cc1. The van der Waals surface area contributed by atoms with Crippen LogP contribution in [0.3, 0.4) is 0 Å². The summed E-state index contributed by atoms with van der Waals surface area (Å²) in [5.74, 6) is -0.0327. The molecule has 6 heteroatoms. The molecule has 0 bridgehead atoms. The van der Waals surface area contributed by atoms with Gasteiger partial charge >= 0.3 is 0 Å². The van der Waals surface area contributed by atoms with E-state index in [0.717, 1.165) is 25.8 Å². The highest BCUT2D eigenvalue weighted by molar-refractivity contribution is 5.89. The molecular formula is C21H29N3O3. The lowest BCUT2D eigenvalue weighted by molar-refractivity contribution is -0.129. The molecule has 3 amide bonds. The molecule has 0 aliphatic carbocycles. The van der Waals surface area contributed by atoms with E-state index in [1.807, 2.05) is 4.90 Å². The summed E-state index contributed by atoms with van der Waals surface area (Å²) in [4.78, 5) is 39.8. The van der Waals surface area contributed by atoms with E-state index in [1.165, 1.54) is 11.1 Å². The van der Waals surface area contributed by atoms with Gasteiger partial charge in [0.1, 0.15) is 0 Å². The Bertz CT molecular complexity index is 686. The minimum absolute atomic E-state index is 0.0473. The van der Waals surface area contributed by atoms with E-state index in [1.54, 1.807) is 4.90 Å². The molecule has 2 fully saturated rings. The van der Waals surface area contributed by atoms with Crippen LogP contribution in [0.2, 0.25) is 0 Å². The highest BCUT2D eigenvalue weighted by Gasteiger charge is 2.33. The Morgan fingerprint density at radius 3 is 2.59 bits per heavy atom. The molecular weight excluding hydrogens is 342 g/mol. The molecule has 1 atom stereocenters. The molecule has 0 spiro atoms. The largest absolute Gasteiger partial charge is 0.356 e. The predicted octanol–water partition coefficient (Wildman–Crippen LogP) is 1.51. The molecule has 146 valence electrons. The first-order chi connectivity index (χ1) is 13.0. The molecule has 0 radical (unpaired) electrons. The molecule has 6 nitrogen and oxygen atoms in total. The van der Waals surface area contributed by atoms with Gasteiger partial charge in [-0.2, -0.15) is 0 Å². The third-order valence-electron chi connectivity index (χ3n) is 5.45. The van der Waals surface area contributed by atoms with E-state index in [0.29, 0.717) is 39.0 Å². The van der Waals surface area contributed by atoms with Crippen molar-refractivity contribution in [1.82, 2.24) is 15.1 Å². The highest BCUT2D eigenvalue weighted by Crippen LogP contribution is 2.18. The van der Waals surface area contributed by atoms with Crippen molar-refractivity contribution in [3.05, 3.63) is 35.4 Å². The number of carbonyl (C=O) groups excluding carboxylic acids is 3. The summed E-state index contributed by atoms with van der Waals surface area (Å²) in [7, 11) is 0. The standard InChI is InChI=1S/C21H29N3O3/c1-16-5-7-17(8-6-16)9-13-24-15-18(14-20(24)26)21(27)22-10-3-12-23-11-2-4-19(23)25/h5-8,18H,2-4,9-15H2,1H3,(H,22,27)/t18-/m0/s1. The number of hydrogen-bond donors (Lipinski definition) is 1. The number of carbonyl (C=O) groups is 3. The average Bonchev–Trinajstić information content (AvgIpc) is 3.23. The summed E-state index contributed by atoms with van der Waals surface area (Å²) in [5.41, 5.74) is 2.43. The second-order valence-corrected chi connectivity index (χ2v) is 7.61. The Labute approximate surface area is 160 Å². The topological polar surface area (TPSA) is 69.7 Å². The molecule has 0 saturated carbocycles. The number of benzene rings is 1. The van der Waals surface area contributed by atoms with Crippen molar-refractivity contribution in [2.75, 3.05) is 32.7 Å². The van der Waals surface area contributed by atoms with Crippen LogP contribution in [0.15, 0.2) is 24.3 Å². The number of hydrogen-bond acceptors (Lipinski definition) is 3. The number of amides is 3. The van der Waals surface area contributed by atoms with Crippen LogP contribution in [0, 0.1) is 12.8 Å². The summed E-state index contributed by atoms with van der Waals surface area (Å²) >= 11 is 0. The van der Waals surface area contributed by atoms with Gasteiger partial charge in [-0.25, -0.2) is 0 Å². The van der Waals surface area contributed by atoms with Crippen molar-refractivity contribution in [2.45, 2.75) is 39.0 Å². The molecule has 0 unspecified atom stereocenters. The zero-order valence-electron chi connectivity index (χ0n) is 16.1. The summed E-state index contributed by atoms with van der Waals surface area (Å²) in [6.07, 6.45) is 3.45. The number of nitrogens with one attached hydrogen (secondary N) is 1. The third kappa shape index (κ3) is 5.31. The van der Waals surface area contributed by atoms with Gasteiger partial charge in [-0.15, -0.1) is 0 Å². The lowest BCUT2D eigenvalue weighted by atomic mass is 10.1. The van der Waals surface area contributed by atoms with E-state index >= 15 is 0 Å². The summed E-state index contributed by atoms with van der Waals surface area (Å²) in [6.45, 7) is 5.30. The molecule has 2 heterocycles. The van der Waals surface area contributed by atoms with Crippen LogP contribution in [0.5, 0.6) is 0 Å². The van der Waals surface area contributed by atoms with Gasteiger partial charge in [0.15, 0.2) is 0 Å². The molecule has 1 aromatic rings. The lowest BCUT2D eigenvalue weighted by Gasteiger charge is -2.17. The van der Waals surface area contributed by atoms with Crippen molar-refractivity contribution >= 4 is 17.7 Å². The predicted molar refractivity (Wildman–Crippen MR) is 103 cm³/mol. The second-order valence-electron chi connectivity index (χ2n) is 7.61. The summed E-state index contributed by atoms with van der Waals surface area (Å²) < 4.78 is 0. The fourth-order valence-electron chi connectivity index (χ4n) is 3.75. The van der Waals surface area contributed by atoms with Crippen molar-refractivity contribution in [1.29, 1.82) is 0 Å². The Balaban J connectivity index is 1.36. The molecule has 1 aromatic carbocycles. The van der Waals surface area contributed by atoms with Gasteiger partial charge in [0.25, 0.3) is 0 Å². The monoisotopic (exact) mass is 371 g/mol. The molecule has 27 heavy (non-hydrogen) atoms. The van der Waals surface area contributed by atoms with E-state index in [4.69, 9.17) is 0 Å². The number of nitrogens with zero attached hydrogens (tertiary/aromatic N) is 2. The third-order valence-corrected chi connectivity index (χ3v) is 5.45. The van der Waals surface area contributed by atoms with Gasteiger partial charge in [-0.1, -0.05) is 29.8 Å². The zero-order valence-corrected chi connectivity index (χ0v) is 16.1. The average molecular weight is 371 g/mol. The Morgan fingerprint density at radius 1 is 1.11 bits per heavy atom. The van der Waals surface area contributed by atoms with Crippen LogP contribution >= 0.6 is 0 Å². The van der Waals surface area contributed by atoms with Gasteiger partial charge in [-0.05, 0) is 31.7 Å². The maximum absolute atomic E-state index is 12.3. The molecule has 3 rings (SSSR count). The van der Waals surface area contributed by atoms with Gasteiger partial charge in [0.2, 0.25) is 17.7 Å². The van der Waals surface area contributed by atoms with E-state index in [9.17, 15) is 14.4 Å². The van der Waals surface area contributed by atoms with E-state index in [-0.39, 0.29) is 23.6 Å². The fraction of sp³-hybridized carbons (Fsp3) is 0.571. The molecule has 2 aliphatic rings. The van der Waals surface area contributed by atoms with Crippen LogP contribution < -0.4 is 5.32 Å². The van der Waals surface area contributed by atoms with E-state index < -0.39 is 0 Å². The zero-order chi connectivity index (χ0) is 19.2. The van der Waals surface area contributed by atoms with Crippen molar-refractivity contribution < 1.29 is 14.4 Å². The molecule has 2 saturated heterocycles. The maximum atomic E-state index is 12.3. The maximum Gasteiger partial charge on any atom is 0.225 e. The van der Waals surface area contributed by atoms with Crippen LogP contribution in [-0.4, -0.2) is 60.2 Å². The first-order valence-electron chi connectivity index (χ1n) is 9.92. The Morgan fingerprint density at radius 2 is 1.89 bits per heavy atom. The van der Waals surface area contributed by atoms with Crippen molar-refractivity contribution in [3.8, 4) is 0 Å². The second kappa shape index (κ2) is 9.02. The number of aryl methyl sites for hydroxylation is 1. The van der Waals surface area contributed by atoms with Gasteiger partial charge < -0.3 is 15.1 Å². The van der Waals surface area contributed by atoms with Crippen LogP contribution in [-0.2, 0) is 20.8 Å². The van der Waals surface area contributed by atoms with E-state index in [2.05, 4.69) is 36.5 Å². The number of likely N-dealkylation sites (tertiary alicyclic amines) is 2. The van der Waals surface area contributed by atoms with Crippen LogP contribution in [0.25, 0.3) is 0 Å². The Kier molecular flexibility index (Phi) is 6.48. The minimum Gasteiger partial charge on any atom is -0.356 e. The first kappa shape index (κ1) is 19.4. The van der Waals surface area contributed by atoms with Crippen LogP contribution in [0.1, 0.15) is 36.8 Å². The highest BCUT2D eigenvalue weighted by atomic mass is 16.2. The smallest absolute Gasteiger partial charge is 0.225 e. The Hall–Kier alpha value is -2.37. The van der Waals surface area contributed by atoms with Gasteiger partial charge in [0, 0.05) is 45.6 Å². The van der Waals surface area contributed by atoms with Crippen LogP contribution in [0.4, 0.5) is 0 Å². The van der Waals surface area contributed by atoms with Crippen molar-refractivity contribution in [2.24, 2.45) is 5.92 Å². The van der Waals surface area contributed by atoms with Crippen molar-refractivity contribution in [3.63, 3.8) is 0 Å². The quantitative estimate of drug-likeness (QED) is 0.705. The minimum atomic E-state index is -0.260. The molecule has 0 aromatic heterocycles. The first-order valence-corrected chi connectivity index (χ1v) is 9.92. The van der Waals surface area contributed by atoms with Gasteiger partial charge in [0.05, 0.1) is 5.92 Å². The molecule has 1 N–H and O–H groups in total. The number of rotatable bonds is 8. The summed E-state index contributed by atoms with van der Waals surface area (Å²) in [5, 5.41) is 2.93. The fourth-order valence-corrected chi connectivity index (χ4v) is 3.75. The lowest BCUT2D eigenvalue weighted by Crippen LogP contribution is -2.35. The molecule has 2 aliphatic heterocycles. The van der Waals surface area contributed by atoms with Gasteiger partial charge in [-0.3, -0.25) is 14.4 Å².